The average Bonchev–Trinajstić information content (AvgIpc) is 3.52. The lowest BCUT2D eigenvalue weighted by Gasteiger charge is -2.25. The van der Waals surface area contributed by atoms with Gasteiger partial charge in [-0.05, 0) is 77.3 Å². The van der Waals surface area contributed by atoms with E-state index in [1.54, 1.807) is 0 Å². The number of para-hydroxylation sites is 1. The van der Waals surface area contributed by atoms with Gasteiger partial charge in [0.15, 0.2) is 0 Å². The van der Waals surface area contributed by atoms with E-state index in [-0.39, 0.29) is 6.42 Å². The van der Waals surface area contributed by atoms with Crippen LogP contribution in [0.1, 0.15) is 48.8 Å². The lowest BCUT2D eigenvalue weighted by Crippen LogP contribution is -2.25. The lowest BCUT2D eigenvalue weighted by atomic mass is 9.86. The number of anilines is 1. The molecule has 1 spiro atoms. The second-order valence-corrected chi connectivity index (χ2v) is 10.1. The maximum Gasteiger partial charge on any atom is 0.307 e. The van der Waals surface area contributed by atoms with Crippen molar-refractivity contribution in [1.82, 2.24) is 0 Å². The van der Waals surface area contributed by atoms with Gasteiger partial charge in [0, 0.05) is 30.9 Å². The molecule has 35 heavy (non-hydrogen) atoms. The maximum absolute atomic E-state index is 11.3. The van der Waals surface area contributed by atoms with E-state index in [1.165, 1.54) is 37.8 Å². The molecule has 1 saturated heterocycles. The third-order valence-corrected chi connectivity index (χ3v) is 7.65. The van der Waals surface area contributed by atoms with Crippen LogP contribution in [-0.4, -0.2) is 24.2 Å². The normalized spacial score (nSPS) is 16.7. The van der Waals surface area contributed by atoms with E-state index < -0.39 is 5.97 Å². The number of benzene rings is 3. The van der Waals surface area contributed by atoms with Crippen LogP contribution < -0.4 is 15.4 Å². The monoisotopic (exact) mass is 470 g/mol. The van der Waals surface area contributed by atoms with Gasteiger partial charge in [-0.3, -0.25) is 4.79 Å². The van der Waals surface area contributed by atoms with Crippen LogP contribution in [-0.2, 0) is 24.4 Å². The lowest BCUT2D eigenvalue weighted by molar-refractivity contribution is -0.136. The molecule has 5 heteroatoms. The summed E-state index contributed by atoms with van der Waals surface area (Å²) in [7, 11) is 0. The van der Waals surface area contributed by atoms with Crippen molar-refractivity contribution in [3.8, 4) is 16.9 Å². The summed E-state index contributed by atoms with van der Waals surface area (Å²) in [6.45, 7) is 3.11. The molecule has 2 aliphatic rings. The Bertz CT molecular complexity index is 1200. The number of carboxylic acids is 1. The molecule has 1 saturated carbocycles. The number of nitrogens with two attached hydrogens (primary N) is 1. The Labute approximate surface area is 207 Å². The summed E-state index contributed by atoms with van der Waals surface area (Å²) in [6.07, 6.45) is 6.62. The van der Waals surface area contributed by atoms with Crippen molar-refractivity contribution < 1.29 is 14.6 Å². The Hall–Kier alpha value is -3.31. The van der Waals surface area contributed by atoms with Gasteiger partial charge in [-0.1, -0.05) is 49.2 Å². The smallest absolute Gasteiger partial charge is 0.307 e. The summed E-state index contributed by atoms with van der Waals surface area (Å²) in [5.41, 5.74) is 12.8. The fourth-order valence-corrected chi connectivity index (χ4v) is 5.79. The Morgan fingerprint density at radius 3 is 2.54 bits per heavy atom. The van der Waals surface area contributed by atoms with Gasteiger partial charge in [0.25, 0.3) is 0 Å². The molecule has 3 N–H and O–H groups in total. The van der Waals surface area contributed by atoms with Crippen molar-refractivity contribution in [2.24, 2.45) is 11.1 Å². The highest BCUT2D eigenvalue weighted by Crippen LogP contribution is 2.46. The number of carbonyl (C=O) groups is 1. The summed E-state index contributed by atoms with van der Waals surface area (Å²) >= 11 is 0. The second kappa shape index (κ2) is 10.1. The van der Waals surface area contributed by atoms with Gasteiger partial charge in [0.2, 0.25) is 0 Å². The minimum atomic E-state index is -0.861. The molecule has 0 atom stereocenters. The maximum atomic E-state index is 11.3. The Morgan fingerprint density at radius 2 is 1.74 bits per heavy atom. The predicted octanol–water partition coefficient (Wildman–Crippen LogP) is 5.79. The Morgan fingerprint density at radius 1 is 0.943 bits per heavy atom. The third-order valence-electron chi connectivity index (χ3n) is 7.65. The van der Waals surface area contributed by atoms with Crippen molar-refractivity contribution in [3.63, 3.8) is 0 Å². The zero-order valence-electron chi connectivity index (χ0n) is 20.2. The quantitative estimate of drug-likeness (QED) is 0.436. The average molecular weight is 471 g/mol. The molecule has 1 aliphatic heterocycles. The fraction of sp³-hybridized carbons (Fsp3) is 0.367. The molecule has 2 fully saturated rings. The standard InChI is InChI=1S/C30H34N2O3/c31-19-22-6-5-8-24(14-22)26-15-23(20-35-28-9-2-1-7-25(28)18-29(33)34)16-27(17-26)32-13-12-30(21-32)10-3-4-11-30/h1-2,5-9,14-17H,3-4,10-13,18-21,31H2,(H,33,34). The Balaban J connectivity index is 1.45. The van der Waals surface area contributed by atoms with Gasteiger partial charge in [0.1, 0.15) is 12.4 Å². The van der Waals surface area contributed by atoms with Gasteiger partial charge >= 0.3 is 5.97 Å². The van der Waals surface area contributed by atoms with E-state index >= 15 is 0 Å². The first-order valence-corrected chi connectivity index (χ1v) is 12.6. The highest BCUT2D eigenvalue weighted by Gasteiger charge is 2.40. The minimum absolute atomic E-state index is 0.0524. The van der Waals surface area contributed by atoms with Crippen LogP contribution in [0.25, 0.3) is 11.1 Å². The number of ether oxygens (including phenoxy) is 1. The molecule has 182 valence electrons. The summed E-state index contributed by atoms with van der Waals surface area (Å²) < 4.78 is 6.17. The van der Waals surface area contributed by atoms with Crippen LogP contribution in [0.3, 0.4) is 0 Å². The van der Waals surface area contributed by atoms with E-state index in [4.69, 9.17) is 10.5 Å². The highest BCUT2D eigenvalue weighted by atomic mass is 16.5. The third kappa shape index (κ3) is 5.35. The van der Waals surface area contributed by atoms with Gasteiger partial charge in [-0.25, -0.2) is 0 Å². The second-order valence-electron chi connectivity index (χ2n) is 10.1. The first-order chi connectivity index (χ1) is 17.0. The molecular formula is C30H34N2O3. The molecule has 0 amide bonds. The van der Waals surface area contributed by atoms with Crippen molar-refractivity contribution in [2.45, 2.75) is 51.7 Å². The van der Waals surface area contributed by atoms with Crippen LogP contribution in [0.4, 0.5) is 5.69 Å². The van der Waals surface area contributed by atoms with Gasteiger partial charge in [-0.2, -0.15) is 0 Å². The number of hydrogen-bond donors (Lipinski definition) is 2. The number of carboxylic acid groups (broad SMARTS) is 1. The molecule has 1 heterocycles. The number of hydrogen-bond acceptors (Lipinski definition) is 4. The predicted molar refractivity (Wildman–Crippen MR) is 140 cm³/mol. The molecule has 5 rings (SSSR count). The first-order valence-electron chi connectivity index (χ1n) is 12.6. The van der Waals surface area contributed by atoms with E-state index in [2.05, 4.69) is 47.4 Å². The van der Waals surface area contributed by atoms with E-state index in [0.29, 0.717) is 29.9 Å². The molecule has 0 radical (unpaired) electrons. The molecule has 0 bridgehead atoms. The largest absolute Gasteiger partial charge is 0.489 e. The zero-order chi connectivity index (χ0) is 24.3. The van der Waals surface area contributed by atoms with Crippen LogP contribution in [0, 0.1) is 5.41 Å². The minimum Gasteiger partial charge on any atom is -0.489 e. The van der Waals surface area contributed by atoms with Crippen LogP contribution in [0.15, 0.2) is 66.7 Å². The van der Waals surface area contributed by atoms with Crippen molar-refractivity contribution in [2.75, 3.05) is 18.0 Å². The van der Waals surface area contributed by atoms with Gasteiger partial charge in [0.05, 0.1) is 6.42 Å². The summed E-state index contributed by atoms with van der Waals surface area (Å²) in [5, 5.41) is 9.26. The van der Waals surface area contributed by atoms with E-state index in [9.17, 15) is 9.90 Å². The summed E-state index contributed by atoms with van der Waals surface area (Å²) in [6, 6.07) is 22.5. The fourth-order valence-electron chi connectivity index (χ4n) is 5.79. The zero-order valence-corrected chi connectivity index (χ0v) is 20.2. The van der Waals surface area contributed by atoms with Gasteiger partial charge in [-0.15, -0.1) is 0 Å². The molecule has 3 aromatic carbocycles. The molecule has 0 aromatic heterocycles. The SMILES string of the molecule is NCc1cccc(-c2cc(COc3ccccc3CC(=O)O)cc(N3CCC4(CCCC4)C3)c2)c1. The van der Waals surface area contributed by atoms with Crippen molar-refractivity contribution in [3.05, 3.63) is 83.4 Å². The van der Waals surface area contributed by atoms with Crippen LogP contribution in [0.5, 0.6) is 5.75 Å². The van der Waals surface area contributed by atoms with Crippen molar-refractivity contribution >= 4 is 11.7 Å². The number of rotatable bonds is 8. The van der Waals surface area contributed by atoms with Crippen LogP contribution >= 0.6 is 0 Å². The number of nitrogens with zero attached hydrogens (tertiary/aromatic N) is 1. The molecule has 3 aromatic rings. The molecule has 1 aliphatic carbocycles. The van der Waals surface area contributed by atoms with Crippen LogP contribution in [0.2, 0.25) is 0 Å². The van der Waals surface area contributed by atoms with E-state index in [1.807, 2.05) is 24.3 Å². The molecule has 5 nitrogen and oxygen atoms in total. The number of aliphatic carboxylic acids is 1. The Kier molecular flexibility index (Phi) is 6.78. The van der Waals surface area contributed by atoms with E-state index in [0.717, 1.165) is 35.3 Å². The van der Waals surface area contributed by atoms with Gasteiger partial charge < -0.3 is 20.5 Å². The highest BCUT2D eigenvalue weighted by molar-refractivity contribution is 5.72. The molecule has 0 unspecified atom stereocenters. The topological polar surface area (TPSA) is 75.8 Å². The summed E-state index contributed by atoms with van der Waals surface area (Å²) in [5.74, 6) is -0.238. The first kappa shape index (κ1) is 23.4. The van der Waals surface area contributed by atoms with Crippen molar-refractivity contribution in [1.29, 1.82) is 0 Å². The molecular weight excluding hydrogens is 436 g/mol. The summed E-state index contributed by atoms with van der Waals surface area (Å²) in [4.78, 5) is 13.8.